The van der Waals surface area contributed by atoms with Crippen molar-refractivity contribution in [2.24, 2.45) is 0 Å². The summed E-state index contributed by atoms with van der Waals surface area (Å²) in [7, 11) is 0. The van der Waals surface area contributed by atoms with Gasteiger partial charge in [-0.1, -0.05) is 6.07 Å². The average molecular weight is 375 g/mol. The van der Waals surface area contributed by atoms with E-state index in [1.165, 1.54) is 0 Å². The molecule has 4 heterocycles. The van der Waals surface area contributed by atoms with Crippen LogP contribution in [0.3, 0.4) is 0 Å². The molecule has 1 saturated heterocycles. The van der Waals surface area contributed by atoms with Gasteiger partial charge in [0.25, 0.3) is 5.91 Å². The number of pyridine rings is 2. The molecule has 4 rings (SSSR count). The monoisotopic (exact) mass is 375 g/mol. The Hall–Kier alpha value is -3.55. The molecule has 1 amide bonds. The molecule has 1 aliphatic rings. The van der Waals surface area contributed by atoms with Crippen LogP contribution in [0, 0.1) is 0 Å². The van der Waals surface area contributed by atoms with Gasteiger partial charge in [0.1, 0.15) is 5.82 Å². The average Bonchev–Trinajstić information content (AvgIpc) is 2.79. The Bertz CT molecular complexity index is 895. The Kier molecular flexibility index (Phi) is 5.37. The first kappa shape index (κ1) is 17.8. The molecule has 0 saturated carbocycles. The zero-order valence-corrected chi connectivity index (χ0v) is 15.4. The Morgan fingerprint density at radius 1 is 0.929 bits per heavy atom. The fourth-order valence-electron chi connectivity index (χ4n) is 3.07. The maximum Gasteiger partial charge on any atom is 0.255 e. The molecular formula is C20H21N7O. The lowest BCUT2D eigenvalue weighted by Gasteiger charge is -2.34. The van der Waals surface area contributed by atoms with Gasteiger partial charge >= 0.3 is 0 Å². The largest absolute Gasteiger partial charge is 0.366 e. The first-order valence-electron chi connectivity index (χ1n) is 9.20. The summed E-state index contributed by atoms with van der Waals surface area (Å²) in [4.78, 5) is 33.7. The maximum absolute atomic E-state index is 12.7. The molecule has 8 heteroatoms. The predicted octanol–water partition coefficient (Wildman–Crippen LogP) is 1.84. The molecule has 3 aromatic heterocycles. The first-order valence-corrected chi connectivity index (χ1v) is 9.20. The number of piperazine rings is 1. The van der Waals surface area contributed by atoms with Crippen LogP contribution in [0.1, 0.15) is 15.9 Å². The van der Waals surface area contributed by atoms with Crippen LogP contribution in [0.2, 0.25) is 0 Å². The van der Waals surface area contributed by atoms with Crippen LogP contribution in [0.15, 0.2) is 61.3 Å². The molecule has 0 atom stereocenters. The molecule has 0 bridgehead atoms. The van der Waals surface area contributed by atoms with Gasteiger partial charge in [0, 0.05) is 63.7 Å². The van der Waals surface area contributed by atoms with Gasteiger partial charge in [-0.2, -0.15) is 0 Å². The summed E-state index contributed by atoms with van der Waals surface area (Å²) in [6, 6.07) is 9.34. The lowest BCUT2D eigenvalue weighted by atomic mass is 10.2. The summed E-state index contributed by atoms with van der Waals surface area (Å²) in [6.07, 6.45) is 8.64. The zero-order valence-electron chi connectivity index (χ0n) is 15.4. The van der Waals surface area contributed by atoms with E-state index in [2.05, 4.69) is 30.2 Å². The van der Waals surface area contributed by atoms with Gasteiger partial charge in [-0.25, -0.2) is 15.0 Å². The van der Waals surface area contributed by atoms with Crippen LogP contribution < -0.4 is 10.2 Å². The second kappa shape index (κ2) is 8.43. The lowest BCUT2D eigenvalue weighted by molar-refractivity contribution is 0.0746. The van der Waals surface area contributed by atoms with E-state index in [0.717, 1.165) is 11.4 Å². The number of anilines is 2. The molecular weight excluding hydrogens is 354 g/mol. The number of amides is 1. The summed E-state index contributed by atoms with van der Waals surface area (Å²) in [6.45, 7) is 3.34. The number of nitrogens with zero attached hydrogens (tertiary/aromatic N) is 6. The quantitative estimate of drug-likeness (QED) is 0.728. The number of carbonyl (C=O) groups is 1. The number of rotatable bonds is 5. The minimum atomic E-state index is -0.0000561. The van der Waals surface area contributed by atoms with Crippen molar-refractivity contribution in [1.82, 2.24) is 24.8 Å². The highest BCUT2D eigenvalue weighted by atomic mass is 16.2. The van der Waals surface area contributed by atoms with Crippen LogP contribution in [-0.4, -0.2) is 56.9 Å². The number of hydrogen-bond acceptors (Lipinski definition) is 7. The normalized spacial score (nSPS) is 14.0. The van der Waals surface area contributed by atoms with Gasteiger partial charge in [0.15, 0.2) is 0 Å². The first-order chi connectivity index (χ1) is 13.8. The van der Waals surface area contributed by atoms with E-state index in [1.54, 1.807) is 30.9 Å². The zero-order chi connectivity index (χ0) is 19.2. The van der Waals surface area contributed by atoms with Crippen LogP contribution in [-0.2, 0) is 6.54 Å². The van der Waals surface area contributed by atoms with Gasteiger partial charge in [-0.05, 0) is 29.8 Å². The fraction of sp³-hybridized carbons (Fsp3) is 0.250. The Balaban J connectivity index is 1.31. The third-order valence-electron chi connectivity index (χ3n) is 4.61. The summed E-state index contributed by atoms with van der Waals surface area (Å²) < 4.78 is 0. The summed E-state index contributed by atoms with van der Waals surface area (Å²) in [5.41, 5.74) is 1.67. The van der Waals surface area contributed by atoms with Crippen molar-refractivity contribution in [1.29, 1.82) is 0 Å². The minimum absolute atomic E-state index is 0.0000561. The van der Waals surface area contributed by atoms with Crippen LogP contribution in [0.4, 0.5) is 11.8 Å². The highest BCUT2D eigenvalue weighted by Gasteiger charge is 2.23. The summed E-state index contributed by atoms with van der Waals surface area (Å²) in [5, 5.41) is 3.23. The smallest absolute Gasteiger partial charge is 0.255 e. The van der Waals surface area contributed by atoms with Crippen LogP contribution in [0.25, 0.3) is 0 Å². The Labute approximate surface area is 163 Å². The van der Waals surface area contributed by atoms with Gasteiger partial charge in [0.05, 0.1) is 5.56 Å². The third-order valence-corrected chi connectivity index (χ3v) is 4.61. The molecule has 1 N–H and O–H groups in total. The molecule has 1 fully saturated rings. The molecule has 0 aliphatic carbocycles. The molecule has 28 heavy (non-hydrogen) atoms. The molecule has 1 aliphatic heterocycles. The van der Waals surface area contributed by atoms with E-state index >= 15 is 0 Å². The molecule has 8 nitrogen and oxygen atoms in total. The number of hydrogen-bond donors (Lipinski definition) is 1. The second-order valence-electron chi connectivity index (χ2n) is 6.47. The van der Waals surface area contributed by atoms with Crippen molar-refractivity contribution in [2.45, 2.75) is 6.54 Å². The van der Waals surface area contributed by atoms with E-state index in [-0.39, 0.29) is 5.91 Å². The molecule has 3 aromatic rings. The van der Waals surface area contributed by atoms with Crippen molar-refractivity contribution in [2.75, 3.05) is 36.4 Å². The van der Waals surface area contributed by atoms with Gasteiger partial charge in [-0.15, -0.1) is 0 Å². The predicted molar refractivity (Wildman–Crippen MR) is 106 cm³/mol. The van der Waals surface area contributed by atoms with Crippen molar-refractivity contribution < 1.29 is 4.79 Å². The Morgan fingerprint density at radius 2 is 1.75 bits per heavy atom. The molecule has 0 spiro atoms. The van der Waals surface area contributed by atoms with Crippen molar-refractivity contribution >= 4 is 17.7 Å². The standard InChI is InChI=1S/C20H21N7O/c28-19(26-9-11-27(12-10-26)20-22-7-2-8-23-20)17-4-5-18(25-15-17)24-14-16-3-1-6-21-13-16/h1-8,13,15H,9-12,14H2,(H,24,25). The summed E-state index contributed by atoms with van der Waals surface area (Å²) in [5.74, 6) is 1.44. The van der Waals surface area contributed by atoms with E-state index < -0.39 is 0 Å². The molecule has 0 aromatic carbocycles. The SMILES string of the molecule is O=C(c1ccc(NCc2cccnc2)nc1)N1CCN(c2ncccn2)CC1. The third kappa shape index (κ3) is 4.22. The van der Waals surface area contributed by atoms with E-state index in [1.807, 2.05) is 35.4 Å². The maximum atomic E-state index is 12.7. The van der Waals surface area contributed by atoms with Crippen molar-refractivity contribution in [3.8, 4) is 0 Å². The van der Waals surface area contributed by atoms with E-state index in [0.29, 0.717) is 44.2 Å². The van der Waals surface area contributed by atoms with Crippen molar-refractivity contribution in [3.05, 3.63) is 72.4 Å². The molecule has 142 valence electrons. The second-order valence-corrected chi connectivity index (χ2v) is 6.47. The Morgan fingerprint density at radius 3 is 2.43 bits per heavy atom. The number of aromatic nitrogens is 4. The minimum Gasteiger partial charge on any atom is -0.366 e. The fourth-order valence-corrected chi connectivity index (χ4v) is 3.07. The highest BCUT2D eigenvalue weighted by molar-refractivity contribution is 5.94. The van der Waals surface area contributed by atoms with Gasteiger partial charge in [-0.3, -0.25) is 9.78 Å². The number of nitrogens with one attached hydrogen (secondary N) is 1. The highest BCUT2D eigenvalue weighted by Crippen LogP contribution is 2.14. The van der Waals surface area contributed by atoms with Crippen LogP contribution >= 0.6 is 0 Å². The molecule has 0 unspecified atom stereocenters. The topological polar surface area (TPSA) is 87.1 Å². The van der Waals surface area contributed by atoms with E-state index in [9.17, 15) is 4.79 Å². The number of carbonyl (C=O) groups excluding carboxylic acids is 1. The lowest BCUT2D eigenvalue weighted by Crippen LogP contribution is -2.49. The van der Waals surface area contributed by atoms with E-state index in [4.69, 9.17) is 0 Å². The summed E-state index contributed by atoms with van der Waals surface area (Å²) >= 11 is 0. The van der Waals surface area contributed by atoms with Crippen molar-refractivity contribution in [3.63, 3.8) is 0 Å². The van der Waals surface area contributed by atoms with Gasteiger partial charge in [0.2, 0.25) is 5.95 Å². The molecule has 0 radical (unpaired) electrons. The van der Waals surface area contributed by atoms with Crippen LogP contribution in [0.5, 0.6) is 0 Å². The van der Waals surface area contributed by atoms with Gasteiger partial charge < -0.3 is 15.1 Å².